The molecule has 2 heteroatoms. The number of rotatable bonds is 7. The Morgan fingerprint density at radius 2 is 1.89 bits per heavy atom. The van der Waals surface area contributed by atoms with Gasteiger partial charge in [0.25, 0.3) is 0 Å². The molecule has 0 saturated carbocycles. The van der Waals surface area contributed by atoms with Crippen molar-refractivity contribution < 1.29 is 0 Å². The summed E-state index contributed by atoms with van der Waals surface area (Å²) in [4.78, 5) is 1.38. The SMILES string of the molecule is CCCCCc1ccc(NC(C)c2cccs2)cc1. The highest BCUT2D eigenvalue weighted by Crippen LogP contribution is 2.23. The number of thiophene rings is 1. The van der Waals surface area contributed by atoms with Crippen LogP contribution in [0.4, 0.5) is 5.69 Å². The number of hydrogen-bond acceptors (Lipinski definition) is 2. The number of aryl methyl sites for hydroxylation is 1. The van der Waals surface area contributed by atoms with Gasteiger partial charge in [-0.15, -0.1) is 11.3 Å². The molecule has 0 bridgehead atoms. The van der Waals surface area contributed by atoms with Gasteiger partial charge in [-0.3, -0.25) is 0 Å². The van der Waals surface area contributed by atoms with Crippen molar-refractivity contribution in [2.75, 3.05) is 5.32 Å². The Morgan fingerprint density at radius 3 is 2.53 bits per heavy atom. The fourth-order valence-electron chi connectivity index (χ4n) is 2.21. The van der Waals surface area contributed by atoms with E-state index in [2.05, 4.69) is 60.9 Å². The van der Waals surface area contributed by atoms with Crippen molar-refractivity contribution in [1.82, 2.24) is 0 Å². The van der Waals surface area contributed by atoms with Crippen LogP contribution in [0.3, 0.4) is 0 Å². The van der Waals surface area contributed by atoms with E-state index in [1.807, 2.05) is 0 Å². The molecule has 0 aliphatic rings. The first-order valence-corrected chi connectivity index (χ1v) is 8.06. The Labute approximate surface area is 120 Å². The molecule has 2 rings (SSSR count). The molecule has 1 aromatic carbocycles. The normalized spacial score (nSPS) is 12.3. The average Bonchev–Trinajstić information content (AvgIpc) is 2.95. The van der Waals surface area contributed by atoms with Crippen LogP contribution >= 0.6 is 11.3 Å². The molecule has 1 N–H and O–H groups in total. The van der Waals surface area contributed by atoms with E-state index < -0.39 is 0 Å². The van der Waals surface area contributed by atoms with Gasteiger partial charge in [0.15, 0.2) is 0 Å². The lowest BCUT2D eigenvalue weighted by molar-refractivity contribution is 0.717. The third-order valence-corrected chi connectivity index (χ3v) is 4.43. The summed E-state index contributed by atoms with van der Waals surface area (Å²) >= 11 is 1.80. The van der Waals surface area contributed by atoms with Gasteiger partial charge in [0.1, 0.15) is 0 Å². The number of benzene rings is 1. The van der Waals surface area contributed by atoms with Crippen LogP contribution in [0.2, 0.25) is 0 Å². The Balaban J connectivity index is 1.88. The molecule has 1 nitrogen and oxygen atoms in total. The Kier molecular flexibility index (Phi) is 5.46. The van der Waals surface area contributed by atoms with Gasteiger partial charge in [-0.2, -0.15) is 0 Å². The fraction of sp³-hybridized carbons (Fsp3) is 0.412. The molecule has 0 radical (unpaired) electrons. The molecule has 0 aliphatic heterocycles. The van der Waals surface area contributed by atoms with Gasteiger partial charge in [0, 0.05) is 10.6 Å². The van der Waals surface area contributed by atoms with Gasteiger partial charge >= 0.3 is 0 Å². The maximum Gasteiger partial charge on any atom is 0.0578 e. The van der Waals surface area contributed by atoms with Crippen LogP contribution in [-0.2, 0) is 6.42 Å². The third kappa shape index (κ3) is 4.39. The predicted molar refractivity (Wildman–Crippen MR) is 86.0 cm³/mol. The first kappa shape index (κ1) is 14.1. The minimum absolute atomic E-state index is 0.381. The highest BCUT2D eigenvalue weighted by Gasteiger charge is 2.05. The molecule has 102 valence electrons. The molecular weight excluding hydrogens is 250 g/mol. The highest BCUT2D eigenvalue weighted by atomic mass is 32.1. The molecule has 1 atom stereocenters. The summed E-state index contributed by atoms with van der Waals surface area (Å²) in [6, 6.07) is 13.6. The lowest BCUT2D eigenvalue weighted by Gasteiger charge is -2.14. The zero-order valence-corrected chi connectivity index (χ0v) is 12.7. The molecule has 0 amide bonds. The van der Waals surface area contributed by atoms with Crippen LogP contribution in [0, 0.1) is 0 Å². The van der Waals surface area contributed by atoms with E-state index in [-0.39, 0.29) is 0 Å². The lowest BCUT2D eigenvalue weighted by atomic mass is 10.1. The van der Waals surface area contributed by atoms with Crippen LogP contribution in [-0.4, -0.2) is 0 Å². The molecule has 0 saturated heterocycles. The second-order valence-corrected chi connectivity index (χ2v) is 6.01. The van der Waals surface area contributed by atoms with Crippen molar-refractivity contribution in [3.05, 3.63) is 52.2 Å². The van der Waals surface area contributed by atoms with Crippen molar-refractivity contribution >= 4 is 17.0 Å². The van der Waals surface area contributed by atoms with E-state index in [9.17, 15) is 0 Å². The predicted octanol–water partition coefficient (Wildman–Crippen LogP) is 5.65. The van der Waals surface area contributed by atoms with Gasteiger partial charge in [0.05, 0.1) is 6.04 Å². The number of nitrogens with one attached hydrogen (secondary N) is 1. The number of anilines is 1. The van der Waals surface area contributed by atoms with Crippen molar-refractivity contribution in [2.45, 2.75) is 45.6 Å². The summed E-state index contributed by atoms with van der Waals surface area (Å²) in [5, 5.41) is 5.68. The monoisotopic (exact) mass is 273 g/mol. The highest BCUT2D eigenvalue weighted by molar-refractivity contribution is 7.10. The molecule has 0 aliphatic carbocycles. The standard InChI is InChI=1S/C17H23NS/c1-3-4-5-7-15-9-11-16(12-10-15)18-14(2)17-8-6-13-19-17/h6,8-14,18H,3-5,7H2,1-2H3. The van der Waals surface area contributed by atoms with Gasteiger partial charge in [0.2, 0.25) is 0 Å². The van der Waals surface area contributed by atoms with Crippen LogP contribution in [0.25, 0.3) is 0 Å². The van der Waals surface area contributed by atoms with E-state index >= 15 is 0 Å². The quantitative estimate of drug-likeness (QED) is 0.642. The van der Waals surface area contributed by atoms with Gasteiger partial charge in [-0.25, -0.2) is 0 Å². The number of hydrogen-bond donors (Lipinski definition) is 1. The molecule has 0 spiro atoms. The van der Waals surface area contributed by atoms with Gasteiger partial charge < -0.3 is 5.32 Å². The summed E-state index contributed by atoms with van der Waals surface area (Å²) in [6.07, 6.45) is 5.12. The van der Waals surface area contributed by atoms with Crippen molar-refractivity contribution in [2.24, 2.45) is 0 Å². The fourth-order valence-corrected chi connectivity index (χ4v) is 2.94. The summed E-state index contributed by atoms with van der Waals surface area (Å²) in [5.74, 6) is 0. The largest absolute Gasteiger partial charge is 0.378 e. The second kappa shape index (κ2) is 7.34. The van der Waals surface area contributed by atoms with E-state index in [1.165, 1.54) is 41.8 Å². The molecular formula is C17H23NS. The van der Waals surface area contributed by atoms with E-state index in [4.69, 9.17) is 0 Å². The minimum atomic E-state index is 0.381. The lowest BCUT2D eigenvalue weighted by Crippen LogP contribution is -2.04. The molecule has 1 unspecified atom stereocenters. The smallest absolute Gasteiger partial charge is 0.0578 e. The van der Waals surface area contributed by atoms with Crippen molar-refractivity contribution in [3.63, 3.8) is 0 Å². The van der Waals surface area contributed by atoms with E-state index in [0.717, 1.165) is 0 Å². The van der Waals surface area contributed by atoms with Gasteiger partial charge in [-0.05, 0) is 48.9 Å². The van der Waals surface area contributed by atoms with Crippen LogP contribution in [0.1, 0.15) is 49.6 Å². The molecule has 2 aromatic rings. The van der Waals surface area contributed by atoms with E-state index in [1.54, 1.807) is 11.3 Å². The van der Waals surface area contributed by atoms with Crippen molar-refractivity contribution in [1.29, 1.82) is 0 Å². The minimum Gasteiger partial charge on any atom is -0.378 e. The summed E-state index contributed by atoms with van der Waals surface area (Å²) in [6.45, 7) is 4.46. The third-order valence-electron chi connectivity index (χ3n) is 3.38. The maximum absolute atomic E-state index is 3.55. The number of unbranched alkanes of at least 4 members (excludes halogenated alkanes) is 2. The topological polar surface area (TPSA) is 12.0 Å². The first-order valence-electron chi connectivity index (χ1n) is 7.18. The summed E-state index contributed by atoms with van der Waals surface area (Å²) < 4.78 is 0. The second-order valence-electron chi connectivity index (χ2n) is 5.04. The van der Waals surface area contributed by atoms with Crippen LogP contribution in [0.15, 0.2) is 41.8 Å². The first-order chi connectivity index (χ1) is 9.29. The Bertz CT molecular complexity index is 459. The Morgan fingerprint density at radius 1 is 1.11 bits per heavy atom. The van der Waals surface area contributed by atoms with Crippen molar-refractivity contribution in [3.8, 4) is 0 Å². The molecule has 1 aromatic heterocycles. The molecule has 1 heterocycles. The van der Waals surface area contributed by atoms with Crippen LogP contribution in [0.5, 0.6) is 0 Å². The average molecular weight is 273 g/mol. The zero-order valence-electron chi connectivity index (χ0n) is 11.9. The Hall–Kier alpha value is -1.28. The molecule has 19 heavy (non-hydrogen) atoms. The van der Waals surface area contributed by atoms with E-state index in [0.29, 0.717) is 6.04 Å². The van der Waals surface area contributed by atoms with Crippen LogP contribution < -0.4 is 5.32 Å². The summed E-state index contributed by atoms with van der Waals surface area (Å²) in [7, 11) is 0. The molecule has 0 fully saturated rings. The zero-order chi connectivity index (χ0) is 13.5. The summed E-state index contributed by atoms with van der Waals surface area (Å²) in [5.41, 5.74) is 2.66. The maximum atomic E-state index is 3.55. The van der Waals surface area contributed by atoms with Gasteiger partial charge in [-0.1, -0.05) is 38.0 Å².